The maximum atomic E-state index is 5.26. The lowest BCUT2D eigenvalue weighted by Gasteiger charge is -2.12. The van der Waals surface area contributed by atoms with E-state index in [4.69, 9.17) is 4.74 Å². The Morgan fingerprint density at radius 3 is 2.62 bits per heavy atom. The lowest BCUT2D eigenvalue weighted by Crippen LogP contribution is -2.07. The highest BCUT2D eigenvalue weighted by atomic mass is 79.9. The predicted octanol–water partition coefficient (Wildman–Crippen LogP) is 4.35. The Kier molecular flexibility index (Phi) is 5.17. The van der Waals surface area contributed by atoms with Crippen LogP contribution in [0.5, 0.6) is 5.75 Å². The van der Waals surface area contributed by atoms with Crippen molar-refractivity contribution in [2.24, 2.45) is 0 Å². The fourth-order valence-corrected chi connectivity index (χ4v) is 2.52. The summed E-state index contributed by atoms with van der Waals surface area (Å²) in [5.74, 6) is 2.43. The molecular weight excluding hydrogens is 330 g/mol. The molecule has 0 aliphatic rings. The average molecular weight is 350 g/mol. The van der Waals surface area contributed by atoms with E-state index >= 15 is 0 Å². The molecule has 0 radical (unpaired) electrons. The first-order valence-corrected chi connectivity index (χ1v) is 7.79. The predicted molar refractivity (Wildman–Crippen MR) is 90.0 cm³/mol. The molecule has 0 aliphatic carbocycles. The number of hydrogen-bond acceptors (Lipinski definition) is 4. The third-order valence-corrected chi connectivity index (χ3v) is 3.96. The highest BCUT2D eigenvalue weighted by molar-refractivity contribution is 9.10. The van der Waals surface area contributed by atoms with Gasteiger partial charge in [0.05, 0.1) is 11.6 Å². The molecule has 4 nitrogen and oxygen atoms in total. The lowest BCUT2D eigenvalue weighted by molar-refractivity contribution is 0.412. The van der Waals surface area contributed by atoms with E-state index in [1.807, 2.05) is 32.0 Å². The number of methoxy groups -OCH3 is 1. The van der Waals surface area contributed by atoms with E-state index in [-0.39, 0.29) is 0 Å². The van der Waals surface area contributed by atoms with E-state index in [0.29, 0.717) is 0 Å². The molecule has 5 heteroatoms. The summed E-state index contributed by atoms with van der Waals surface area (Å²) >= 11 is 3.50. The van der Waals surface area contributed by atoms with Gasteiger partial charge in [0, 0.05) is 23.4 Å². The summed E-state index contributed by atoms with van der Waals surface area (Å²) in [6.45, 7) is 7.10. The summed E-state index contributed by atoms with van der Waals surface area (Å²) < 4.78 is 6.15. The zero-order chi connectivity index (χ0) is 15.4. The van der Waals surface area contributed by atoms with E-state index in [1.54, 1.807) is 7.11 Å². The zero-order valence-electron chi connectivity index (χ0n) is 12.8. The minimum atomic E-state index is 0.722. The Balaban J connectivity index is 2.43. The number of ether oxygens (including phenoxy) is 1. The van der Waals surface area contributed by atoms with Gasteiger partial charge in [-0.15, -0.1) is 0 Å². The molecule has 0 atom stereocenters. The van der Waals surface area contributed by atoms with E-state index in [1.165, 1.54) is 0 Å². The lowest BCUT2D eigenvalue weighted by atomic mass is 10.1. The molecule has 0 saturated heterocycles. The van der Waals surface area contributed by atoms with Crippen molar-refractivity contribution in [2.45, 2.75) is 27.2 Å². The maximum absolute atomic E-state index is 5.26. The minimum Gasteiger partial charge on any atom is -0.496 e. The van der Waals surface area contributed by atoms with Gasteiger partial charge in [-0.3, -0.25) is 0 Å². The van der Waals surface area contributed by atoms with Crippen LogP contribution in [0.25, 0.3) is 11.4 Å². The van der Waals surface area contributed by atoms with Crippen LogP contribution in [-0.4, -0.2) is 23.6 Å². The summed E-state index contributed by atoms with van der Waals surface area (Å²) in [6, 6.07) is 5.86. The Hall–Kier alpha value is -1.62. The topological polar surface area (TPSA) is 47.0 Å². The minimum absolute atomic E-state index is 0.722. The van der Waals surface area contributed by atoms with Gasteiger partial charge in [0.25, 0.3) is 0 Å². The number of aryl methyl sites for hydroxylation is 1. The Morgan fingerprint density at radius 2 is 2.00 bits per heavy atom. The first kappa shape index (κ1) is 15.8. The van der Waals surface area contributed by atoms with Crippen molar-refractivity contribution < 1.29 is 4.74 Å². The third kappa shape index (κ3) is 3.53. The zero-order valence-corrected chi connectivity index (χ0v) is 14.4. The Labute approximate surface area is 134 Å². The van der Waals surface area contributed by atoms with Gasteiger partial charge in [-0.2, -0.15) is 0 Å². The molecule has 2 rings (SSSR count). The molecule has 0 amide bonds. The van der Waals surface area contributed by atoms with Crippen molar-refractivity contribution >= 4 is 21.7 Å². The number of benzene rings is 1. The molecule has 1 heterocycles. The molecule has 1 aromatic heterocycles. The first-order valence-electron chi connectivity index (χ1n) is 6.99. The van der Waals surface area contributed by atoms with Gasteiger partial charge in [-0.05, 0) is 54.4 Å². The highest BCUT2D eigenvalue weighted by Crippen LogP contribution is 2.30. The molecule has 1 aromatic carbocycles. The van der Waals surface area contributed by atoms with Gasteiger partial charge < -0.3 is 10.1 Å². The van der Waals surface area contributed by atoms with Gasteiger partial charge in [0.1, 0.15) is 11.6 Å². The molecule has 0 spiro atoms. The number of halogens is 1. The van der Waals surface area contributed by atoms with Crippen LogP contribution in [0.2, 0.25) is 0 Å². The van der Waals surface area contributed by atoms with Crippen LogP contribution in [0.3, 0.4) is 0 Å². The van der Waals surface area contributed by atoms with E-state index in [0.717, 1.165) is 51.7 Å². The van der Waals surface area contributed by atoms with Crippen molar-refractivity contribution in [3.05, 3.63) is 33.9 Å². The normalized spacial score (nSPS) is 10.5. The molecule has 0 unspecified atom stereocenters. The second kappa shape index (κ2) is 6.89. The summed E-state index contributed by atoms with van der Waals surface area (Å²) in [4.78, 5) is 9.25. The summed E-state index contributed by atoms with van der Waals surface area (Å²) in [7, 11) is 1.65. The van der Waals surface area contributed by atoms with Crippen LogP contribution >= 0.6 is 15.9 Å². The van der Waals surface area contributed by atoms with Crippen LogP contribution in [0.15, 0.2) is 22.7 Å². The van der Waals surface area contributed by atoms with Crippen LogP contribution in [0.4, 0.5) is 5.82 Å². The summed E-state index contributed by atoms with van der Waals surface area (Å²) in [5, 5.41) is 3.36. The van der Waals surface area contributed by atoms with E-state index in [9.17, 15) is 0 Å². The number of nitrogens with one attached hydrogen (secondary N) is 1. The van der Waals surface area contributed by atoms with Crippen molar-refractivity contribution in [2.75, 3.05) is 19.0 Å². The van der Waals surface area contributed by atoms with E-state index < -0.39 is 0 Å². The quantitative estimate of drug-likeness (QED) is 0.871. The number of nitrogens with zero attached hydrogens (tertiary/aromatic N) is 2. The fraction of sp³-hybridized carbons (Fsp3) is 0.375. The Bertz CT molecular complexity index is 644. The molecule has 112 valence electrons. The third-order valence-electron chi connectivity index (χ3n) is 3.34. The molecule has 0 saturated carbocycles. The van der Waals surface area contributed by atoms with E-state index in [2.05, 4.69) is 38.1 Å². The monoisotopic (exact) mass is 349 g/mol. The SMILES string of the molecule is CCCNc1nc(-c2ccc(OC)c(Br)c2)nc(C)c1C. The number of rotatable bonds is 5. The summed E-state index contributed by atoms with van der Waals surface area (Å²) in [6.07, 6.45) is 1.06. The molecule has 0 fully saturated rings. The molecule has 0 bridgehead atoms. The maximum Gasteiger partial charge on any atom is 0.161 e. The summed E-state index contributed by atoms with van der Waals surface area (Å²) in [5.41, 5.74) is 3.05. The van der Waals surface area contributed by atoms with Crippen LogP contribution in [-0.2, 0) is 0 Å². The second-order valence-electron chi connectivity index (χ2n) is 4.88. The molecule has 21 heavy (non-hydrogen) atoms. The number of anilines is 1. The van der Waals surface area contributed by atoms with Gasteiger partial charge in [0.2, 0.25) is 0 Å². The molecule has 1 N–H and O–H groups in total. The van der Waals surface area contributed by atoms with Crippen molar-refractivity contribution in [3.8, 4) is 17.1 Å². The van der Waals surface area contributed by atoms with Gasteiger partial charge in [-0.25, -0.2) is 9.97 Å². The number of aromatic nitrogens is 2. The standard InChI is InChI=1S/C16H20BrN3O/c1-5-8-18-15-10(2)11(3)19-16(20-15)12-6-7-14(21-4)13(17)9-12/h6-7,9H,5,8H2,1-4H3,(H,18,19,20). The number of hydrogen-bond donors (Lipinski definition) is 1. The molecule has 2 aromatic rings. The first-order chi connectivity index (χ1) is 10.1. The average Bonchev–Trinajstić information content (AvgIpc) is 2.48. The smallest absolute Gasteiger partial charge is 0.161 e. The molecular formula is C16H20BrN3O. The fourth-order valence-electron chi connectivity index (χ4n) is 1.98. The highest BCUT2D eigenvalue weighted by Gasteiger charge is 2.11. The van der Waals surface area contributed by atoms with Crippen LogP contribution in [0, 0.1) is 13.8 Å². The van der Waals surface area contributed by atoms with Crippen molar-refractivity contribution in [3.63, 3.8) is 0 Å². The van der Waals surface area contributed by atoms with Gasteiger partial charge in [0.15, 0.2) is 5.82 Å². The Morgan fingerprint density at radius 1 is 1.24 bits per heavy atom. The largest absolute Gasteiger partial charge is 0.496 e. The van der Waals surface area contributed by atoms with Crippen LogP contribution in [0.1, 0.15) is 24.6 Å². The van der Waals surface area contributed by atoms with Crippen molar-refractivity contribution in [1.29, 1.82) is 0 Å². The van der Waals surface area contributed by atoms with Crippen molar-refractivity contribution in [1.82, 2.24) is 9.97 Å². The second-order valence-corrected chi connectivity index (χ2v) is 5.74. The van der Waals surface area contributed by atoms with Gasteiger partial charge >= 0.3 is 0 Å². The van der Waals surface area contributed by atoms with Gasteiger partial charge in [-0.1, -0.05) is 6.92 Å². The molecule has 0 aliphatic heterocycles. The van der Waals surface area contributed by atoms with Crippen LogP contribution < -0.4 is 10.1 Å².